The van der Waals surface area contributed by atoms with Crippen LogP contribution in [-0.4, -0.2) is 30.2 Å². The van der Waals surface area contributed by atoms with Crippen molar-refractivity contribution in [2.75, 3.05) is 5.73 Å². The monoisotopic (exact) mass is 367 g/mol. The number of anilines is 1. The van der Waals surface area contributed by atoms with E-state index in [1.54, 1.807) is 0 Å². The van der Waals surface area contributed by atoms with Crippen LogP contribution >= 0.6 is 0 Å². The fraction of sp³-hybridized carbons (Fsp3) is 0. The Morgan fingerprint density at radius 3 is 2.16 bits per heavy atom. The maximum absolute atomic E-state index is 11.8. The van der Waals surface area contributed by atoms with Crippen LogP contribution in [0.1, 0.15) is 0 Å². The Balaban J connectivity index is 2.31. The number of primary amides is 1. The third-order valence-electron chi connectivity index (χ3n) is 2.74. The average Bonchev–Trinajstić information content (AvgIpc) is 2.79. The van der Waals surface area contributed by atoms with Gasteiger partial charge in [0, 0.05) is 0 Å². The Labute approximate surface area is 140 Å². The van der Waals surface area contributed by atoms with E-state index in [1.165, 1.54) is 24.3 Å². The number of aromatic amines is 1. The van der Waals surface area contributed by atoms with E-state index in [0.717, 1.165) is 0 Å². The van der Waals surface area contributed by atoms with E-state index < -0.39 is 27.6 Å². The number of amides is 1. The molecule has 2 aromatic rings. The minimum atomic E-state index is -4.03. The van der Waals surface area contributed by atoms with Crippen molar-refractivity contribution in [3.8, 4) is 0 Å². The number of nitrogens with two attached hydrogens (primary N) is 4. The van der Waals surface area contributed by atoms with Gasteiger partial charge in [0.1, 0.15) is 5.82 Å². The predicted molar refractivity (Wildman–Crippen MR) is 88.1 cm³/mol. The largest absolute Gasteiger partial charge is 0.382 e. The molecule has 0 saturated carbocycles. The number of hydrogen-bond acceptors (Lipinski definition) is 7. The summed E-state index contributed by atoms with van der Waals surface area (Å²) in [7, 11) is -4.03. The number of carbonyl (C=O) groups excluding carboxylic acids is 1. The second kappa shape index (κ2) is 6.44. The van der Waals surface area contributed by atoms with Crippen LogP contribution in [0.15, 0.2) is 48.6 Å². The molecule has 2 rings (SSSR count). The highest BCUT2D eigenvalue weighted by molar-refractivity contribution is 7.90. The first kappa shape index (κ1) is 17.7. The predicted octanol–water partition coefficient (Wildman–Crippen LogP) is -0.937. The quantitative estimate of drug-likeness (QED) is 0.258. The van der Waals surface area contributed by atoms with Crippen molar-refractivity contribution in [2.45, 2.75) is 4.90 Å². The van der Waals surface area contributed by atoms with Crippen molar-refractivity contribution >= 4 is 39.2 Å². The molecule has 0 unspecified atom stereocenters. The number of sulfonamides is 1. The molecule has 0 aliphatic rings. The molecule has 25 heavy (non-hydrogen) atoms. The molecule has 14 heteroatoms. The molecule has 132 valence electrons. The second-order valence-electron chi connectivity index (χ2n) is 4.54. The summed E-state index contributed by atoms with van der Waals surface area (Å²) in [5.41, 5.74) is 19.6. The Hall–Kier alpha value is -3.68. The second-order valence-corrected chi connectivity index (χ2v) is 6.14. The Kier molecular flexibility index (Phi) is 4.55. The zero-order chi connectivity index (χ0) is 18.8. The van der Waals surface area contributed by atoms with E-state index in [-0.39, 0.29) is 22.1 Å². The molecule has 0 fully saturated rings. The minimum absolute atomic E-state index is 0.169. The van der Waals surface area contributed by atoms with E-state index in [2.05, 4.69) is 19.7 Å². The number of hydrogen-bond donors (Lipinski definition) is 5. The number of azo groups is 1. The average molecular weight is 367 g/mol. The molecule has 9 N–H and O–H groups in total. The normalized spacial score (nSPS) is 11.5. The summed E-state index contributed by atoms with van der Waals surface area (Å²) < 4.78 is 27.2. The lowest BCUT2D eigenvalue weighted by Crippen LogP contribution is -2.29. The van der Waals surface area contributed by atoms with Crippen LogP contribution in [0.4, 0.5) is 22.0 Å². The van der Waals surface area contributed by atoms with Gasteiger partial charge >= 0.3 is 11.6 Å². The molecule has 0 spiro atoms. The highest BCUT2D eigenvalue weighted by Crippen LogP contribution is 2.21. The van der Waals surface area contributed by atoms with E-state index >= 15 is 0 Å². The van der Waals surface area contributed by atoms with Gasteiger partial charge in [-0.1, -0.05) is 0 Å². The number of nitrogens with one attached hydrogen (secondary N) is 1. The van der Waals surface area contributed by atoms with Crippen LogP contribution in [0, 0.1) is 0 Å². The molecule has 1 aromatic carbocycles. The zero-order valence-electron chi connectivity index (χ0n) is 12.4. The molecule has 1 amide bonds. The highest BCUT2D eigenvalue weighted by Gasteiger charge is 2.15. The van der Waals surface area contributed by atoms with Crippen molar-refractivity contribution < 1.29 is 13.2 Å². The number of benzene rings is 1. The standard InChI is InChI=1S/C11H13N9O4S/c12-8-7(9(21)20(18-8)11(15)22)17-16-5-1-3-6(4-2-5)25(23,24)19-10(13)14/h1-4,18H,12H2,(H2,15,22)(H4,13,14,19). The van der Waals surface area contributed by atoms with Gasteiger partial charge in [0.25, 0.3) is 10.0 Å². The number of nitrogen functional groups attached to an aromatic ring is 1. The molecular formula is C11H13N9O4S. The van der Waals surface area contributed by atoms with Crippen LogP contribution in [0.2, 0.25) is 0 Å². The SMILES string of the molecule is NC(=O)n1[nH]c(N)c(N=Nc2ccc(S(=O)(=O)N=C(N)N)cc2)c1=O. The molecule has 0 aliphatic heterocycles. The van der Waals surface area contributed by atoms with Crippen LogP contribution in [-0.2, 0) is 10.0 Å². The van der Waals surface area contributed by atoms with Crippen molar-refractivity contribution in [3.63, 3.8) is 0 Å². The molecule has 1 heterocycles. The lowest BCUT2D eigenvalue weighted by Gasteiger charge is -1.99. The first-order valence-corrected chi connectivity index (χ1v) is 7.84. The molecule has 13 nitrogen and oxygen atoms in total. The molecule has 0 saturated heterocycles. The van der Waals surface area contributed by atoms with Crippen molar-refractivity contribution in [1.82, 2.24) is 9.78 Å². The summed E-state index contributed by atoms with van der Waals surface area (Å²) in [5.74, 6) is -0.808. The number of H-pyrrole nitrogens is 1. The summed E-state index contributed by atoms with van der Waals surface area (Å²) in [4.78, 5) is 22.7. The van der Waals surface area contributed by atoms with Gasteiger partial charge < -0.3 is 22.9 Å². The number of nitrogens with zero attached hydrogens (tertiary/aromatic N) is 4. The van der Waals surface area contributed by atoms with Crippen LogP contribution in [0.5, 0.6) is 0 Å². The van der Waals surface area contributed by atoms with Crippen LogP contribution in [0.3, 0.4) is 0 Å². The van der Waals surface area contributed by atoms with Crippen LogP contribution < -0.4 is 28.5 Å². The van der Waals surface area contributed by atoms with Gasteiger partial charge in [0.2, 0.25) is 5.96 Å². The number of carbonyl (C=O) groups is 1. The first-order chi connectivity index (χ1) is 11.6. The first-order valence-electron chi connectivity index (χ1n) is 6.40. The number of aromatic nitrogens is 2. The fourth-order valence-corrected chi connectivity index (χ4v) is 2.54. The highest BCUT2D eigenvalue weighted by atomic mass is 32.2. The van der Waals surface area contributed by atoms with Crippen molar-refractivity contribution in [2.24, 2.45) is 31.8 Å². The molecule has 0 aliphatic carbocycles. The van der Waals surface area contributed by atoms with E-state index in [4.69, 9.17) is 22.9 Å². The van der Waals surface area contributed by atoms with Gasteiger partial charge in [-0.2, -0.15) is 18.2 Å². The summed E-state index contributed by atoms with van der Waals surface area (Å²) in [6.07, 6.45) is 0. The Morgan fingerprint density at radius 2 is 1.68 bits per heavy atom. The molecule has 0 bridgehead atoms. The maximum atomic E-state index is 11.8. The van der Waals surface area contributed by atoms with Gasteiger partial charge in [-0.15, -0.1) is 9.51 Å². The maximum Gasteiger partial charge on any atom is 0.341 e. The fourth-order valence-electron chi connectivity index (χ4n) is 1.68. The third kappa shape index (κ3) is 3.81. The smallest absolute Gasteiger partial charge is 0.341 e. The number of guanidine groups is 1. The van der Waals surface area contributed by atoms with Crippen molar-refractivity contribution in [3.05, 3.63) is 34.6 Å². The Bertz CT molecular complexity index is 1030. The lowest BCUT2D eigenvalue weighted by molar-refractivity contribution is 0.247. The summed E-state index contributed by atoms with van der Waals surface area (Å²) in [6.45, 7) is 0. The molecule has 0 radical (unpaired) electrons. The summed E-state index contributed by atoms with van der Waals surface area (Å²) in [5, 5.41) is 9.60. The van der Waals surface area contributed by atoms with Gasteiger partial charge in [0.15, 0.2) is 5.69 Å². The van der Waals surface area contributed by atoms with Crippen molar-refractivity contribution in [1.29, 1.82) is 0 Å². The van der Waals surface area contributed by atoms with E-state index in [9.17, 15) is 18.0 Å². The van der Waals surface area contributed by atoms with Gasteiger partial charge in [-0.3, -0.25) is 9.89 Å². The Morgan fingerprint density at radius 1 is 1.08 bits per heavy atom. The molecular weight excluding hydrogens is 354 g/mol. The minimum Gasteiger partial charge on any atom is -0.382 e. The van der Waals surface area contributed by atoms with Gasteiger partial charge in [-0.05, 0) is 24.3 Å². The van der Waals surface area contributed by atoms with Gasteiger partial charge in [0.05, 0.1) is 10.6 Å². The summed E-state index contributed by atoms with van der Waals surface area (Å²) >= 11 is 0. The third-order valence-corrected chi connectivity index (χ3v) is 4.06. The van der Waals surface area contributed by atoms with E-state index in [1.807, 2.05) is 0 Å². The lowest BCUT2D eigenvalue weighted by atomic mass is 10.3. The molecule has 0 atom stereocenters. The van der Waals surface area contributed by atoms with E-state index in [0.29, 0.717) is 4.68 Å². The summed E-state index contributed by atoms with van der Waals surface area (Å²) in [6, 6.07) is 3.92. The van der Waals surface area contributed by atoms with Crippen LogP contribution in [0.25, 0.3) is 0 Å². The van der Waals surface area contributed by atoms with Gasteiger partial charge in [-0.25, -0.2) is 4.79 Å². The molecule has 1 aromatic heterocycles. The number of rotatable bonds is 4. The topological polar surface area (TPSA) is 230 Å². The zero-order valence-corrected chi connectivity index (χ0v) is 13.3.